The van der Waals surface area contributed by atoms with Crippen LogP contribution in [-0.4, -0.2) is 16.3 Å². The van der Waals surface area contributed by atoms with Crippen LogP contribution in [0.1, 0.15) is 125 Å². The van der Waals surface area contributed by atoms with Gasteiger partial charge >= 0.3 is 0 Å². The molecule has 1 nitrogen and oxygen atoms in total. The zero-order chi connectivity index (χ0) is 21.2. The maximum Gasteiger partial charge on any atom is 0.130 e. The smallest absolute Gasteiger partial charge is 0.130 e. The fourth-order valence-electron chi connectivity index (χ4n) is 3.98. The number of unbranched alkanes of at least 4 members (excludes halogenated alkanes) is 9. The molecule has 0 N–H and O–H groups in total. The molecule has 0 aliphatic heterocycles. The molecular formula is C26H50OS. The summed E-state index contributed by atoms with van der Waals surface area (Å²) in [7, 11) is 0. The predicted molar refractivity (Wildman–Crippen MR) is 130 cm³/mol. The van der Waals surface area contributed by atoms with Crippen LogP contribution in [0.5, 0.6) is 0 Å². The minimum absolute atomic E-state index is 0.347. The van der Waals surface area contributed by atoms with Crippen LogP contribution >= 0.6 is 11.8 Å². The Labute approximate surface area is 181 Å². The molecule has 0 fully saturated rings. The quantitative estimate of drug-likeness (QED) is 0.156. The first-order valence-electron chi connectivity index (χ1n) is 12.2. The number of allylic oxidation sites excluding steroid dienone is 2. The van der Waals surface area contributed by atoms with E-state index >= 15 is 0 Å². The van der Waals surface area contributed by atoms with E-state index in [2.05, 4.69) is 46.8 Å². The van der Waals surface area contributed by atoms with Gasteiger partial charge in [-0.25, -0.2) is 0 Å². The highest BCUT2D eigenvalue weighted by atomic mass is 32.2. The van der Waals surface area contributed by atoms with Gasteiger partial charge in [0.2, 0.25) is 0 Å². The summed E-state index contributed by atoms with van der Waals surface area (Å²) in [5, 5.41) is 1.09. The Morgan fingerprint density at radius 2 is 1.36 bits per heavy atom. The van der Waals surface area contributed by atoms with Crippen molar-refractivity contribution in [3.05, 3.63) is 12.2 Å². The van der Waals surface area contributed by atoms with E-state index in [9.17, 15) is 4.79 Å². The number of rotatable bonds is 19. The van der Waals surface area contributed by atoms with Crippen molar-refractivity contribution in [2.24, 2.45) is 11.8 Å². The molecule has 0 rings (SSSR count). The van der Waals surface area contributed by atoms with Crippen LogP contribution in [0.2, 0.25) is 0 Å². The van der Waals surface area contributed by atoms with Gasteiger partial charge < -0.3 is 0 Å². The molecule has 0 spiro atoms. The van der Waals surface area contributed by atoms with Crippen molar-refractivity contribution >= 4 is 17.5 Å². The average molecular weight is 411 g/mol. The van der Waals surface area contributed by atoms with Crippen LogP contribution in [0.25, 0.3) is 0 Å². The summed E-state index contributed by atoms with van der Waals surface area (Å²) in [5.41, 5.74) is 0. The third-order valence-corrected chi connectivity index (χ3v) is 6.98. The van der Waals surface area contributed by atoms with E-state index in [-0.39, 0.29) is 0 Å². The van der Waals surface area contributed by atoms with Gasteiger partial charge in [-0.2, -0.15) is 11.8 Å². The van der Waals surface area contributed by atoms with E-state index in [0.29, 0.717) is 28.1 Å². The molecule has 0 aliphatic rings. The van der Waals surface area contributed by atoms with Gasteiger partial charge in [-0.3, -0.25) is 4.79 Å². The number of hydrogen-bond acceptors (Lipinski definition) is 2. The van der Waals surface area contributed by atoms with E-state index < -0.39 is 0 Å². The van der Waals surface area contributed by atoms with Gasteiger partial charge in [0.1, 0.15) is 5.78 Å². The molecule has 0 amide bonds. The lowest BCUT2D eigenvalue weighted by Gasteiger charge is -2.30. The van der Waals surface area contributed by atoms with Gasteiger partial charge in [0.05, 0.1) is 0 Å². The molecule has 2 heteroatoms. The van der Waals surface area contributed by atoms with Gasteiger partial charge in [0, 0.05) is 11.7 Å². The average Bonchev–Trinajstić information content (AvgIpc) is 2.60. The number of Topliss-reactive ketones (excluding diaryl/α,β-unsaturated/α-hetero) is 1. The van der Waals surface area contributed by atoms with E-state index in [1.165, 1.54) is 77.0 Å². The number of thioether (sulfide) groups is 1. The van der Waals surface area contributed by atoms with Crippen molar-refractivity contribution in [1.82, 2.24) is 0 Å². The Balaban J connectivity index is 3.96. The summed E-state index contributed by atoms with van der Waals surface area (Å²) in [4.78, 5) is 11.7. The molecule has 2 unspecified atom stereocenters. The van der Waals surface area contributed by atoms with Crippen LogP contribution in [0.3, 0.4) is 0 Å². The lowest BCUT2D eigenvalue weighted by Crippen LogP contribution is -2.26. The molecule has 0 saturated heterocycles. The zero-order valence-electron chi connectivity index (χ0n) is 20.0. The third kappa shape index (κ3) is 16.7. The first-order chi connectivity index (χ1) is 13.4. The minimum Gasteiger partial charge on any atom is -0.300 e. The van der Waals surface area contributed by atoms with Crippen molar-refractivity contribution in [2.75, 3.05) is 0 Å². The summed E-state index contributed by atoms with van der Waals surface area (Å²) in [5.74, 6) is 1.67. The highest BCUT2D eigenvalue weighted by Crippen LogP contribution is 2.35. The molecule has 0 aromatic rings. The molecule has 166 valence electrons. The fraction of sp³-hybridized carbons (Fsp3) is 0.885. The normalized spacial score (nSPS) is 14.3. The Bertz CT molecular complexity index is 386. The molecule has 2 atom stereocenters. The number of carbonyl (C=O) groups is 1. The van der Waals surface area contributed by atoms with Crippen LogP contribution in [0, 0.1) is 11.8 Å². The van der Waals surface area contributed by atoms with Gasteiger partial charge in [-0.15, -0.1) is 0 Å². The summed E-state index contributed by atoms with van der Waals surface area (Å²) in [6.45, 7) is 13.2. The molecule has 28 heavy (non-hydrogen) atoms. The first kappa shape index (κ1) is 27.8. The second kappa shape index (κ2) is 18.8. The lowest BCUT2D eigenvalue weighted by molar-refractivity contribution is -0.117. The van der Waals surface area contributed by atoms with Crippen molar-refractivity contribution in [2.45, 2.75) is 136 Å². The number of ketones is 1. The maximum atomic E-state index is 11.7. The Kier molecular flexibility index (Phi) is 18.6. The lowest BCUT2D eigenvalue weighted by atomic mass is 9.85. The predicted octanol–water partition coefficient (Wildman–Crippen LogP) is 9.01. The molecule has 0 aliphatic carbocycles. The molecule has 0 bridgehead atoms. The minimum atomic E-state index is 0.347. The summed E-state index contributed by atoms with van der Waals surface area (Å²) < 4.78 is 0. The Morgan fingerprint density at radius 1 is 0.821 bits per heavy atom. The van der Waals surface area contributed by atoms with Gasteiger partial charge in [-0.1, -0.05) is 91.7 Å². The molecule has 0 aromatic heterocycles. The summed E-state index contributed by atoms with van der Waals surface area (Å²) in [6.07, 6.45) is 21.6. The monoisotopic (exact) mass is 410 g/mol. The zero-order valence-corrected chi connectivity index (χ0v) is 20.8. The second-order valence-electron chi connectivity index (χ2n) is 9.20. The molecule has 0 saturated carbocycles. The summed E-state index contributed by atoms with van der Waals surface area (Å²) >= 11 is 2.02. The largest absolute Gasteiger partial charge is 0.300 e. The molecular weight excluding hydrogens is 360 g/mol. The van der Waals surface area contributed by atoms with E-state index in [4.69, 9.17) is 0 Å². The van der Waals surface area contributed by atoms with Crippen molar-refractivity contribution in [3.63, 3.8) is 0 Å². The van der Waals surface area contributed by atoms with E-state index in [0.717, 1.165) is 6.42 Å². The van der Waals surface area contributed by atoms with Crippen LogP contribution in [-0.2, 0) is 4.79 Å². The first-order valence-corrected chi connectivity index (χ1v) is 13.1. The standard InChI is InChI=1S/C26H50OS/c1-7-8-9-10-11-12-13-14-15-16-17-18-19-20-25(22(2)3)26(21-24(6)27)28-23(4)5/h14-15,22-23,25-26H,7-13,16-21H2,1-6H3. The van der Waals surface area contributed by atoms with Crippen LogP contribution in [0.15, 0.2) is 12.2 Å². The second-order valence-corrected chi connectivity index (χ2v) is 11.0. The topological polar surface area (TPSA) is 17.1 Å². The summed E-state index contributed by atoms with van der Waals surface area (Å²) in [6, 6.07) is 0. The van der Waals surface area contributed by atoms with Crippen molar-refractivity contribution in [1.29, 1.82) is 0 Å². The van der Waals surface area contributed by atoms with E-state index in [1.807, 2.05) is 11.8 Å². The third-order valence-electron chi connectivity index (χ3n) is 5.57. The highest BCUT2D eigenvalue weighted by molar-refractivity contribution is 8.00. The SMILES string of the molecule is CCCCCCCCC=CCCCCCC(C(C)C)C(CC(C)=O)SC(C)C. The van der Waals surface area contributed by atoms with Gasteiger partial charge in [0.15, 0.2) is 0 Å². The van der Waals surface area contributed by atoms with Gasteiger partial charge in [-0.05, 0) is 56.1 Å². The van der Waals surface area contributed by atoms with E-state index in [1.54, 1.807) is 6.92 Å². The van der Waals surface area contributed by atoms with Crippen LogP contribution < -0.4 is 0 Å². The number of carbonyl (C=O) groups excluding carboxylic acids is 1. The molecule has 0 heterocycles. The van der Waals surface area contributed by atoms with Crippen LogP contribution in [0.4, 0.5) is 0 Å². The Hall–Kier alpha value is -0.240. The van der Waals surface area contributed by atoms with Crippen molar-refractivity contribution in [3.8, 4) is 0 Å². The van der Waals surface area contributed by atoms with Gasteiger partial charge in [0.25, 0.3) is 0 Å². The highest BCUT2D eigenvalue weighted by Gasteiger charge is 2.26. The maximum absolute atomic E-state index is 11.7. The molecule has 0 aromatic carbocycles. The van der Waals surface area contributed by atoms with Crippen molar-refractivity contribution < 1.29 is 4.79 Å². The number of hydrogen-bond donors (Lipinski definition) is 0. The molecule has 0 radical (unpaired) electrons. The Morgan fingerprint density at radius 3 is 1.86 bits per heavy atom. The fourth-order valence-corrected chi connectivity index (χ4v) is 5.66.